The van der Waals surface area contributed by atoms with Gasteiger partial charge in [0.1, 0.15) is 4.33 Å². The lowest BCUT2D eigenvalue weighted by Gasteiger charge is -2.10. The predicted molar refractivity (Wildman–Crippen MR) is 83.8 cm³/mol. The Morgan fingerprint density at radius 1 is 1.45 bits per heavy atom. The van der Waals surface area contributed by atoms with Gasteiger partial charge in [-0.3, -0.25) is 4.79 Å². The maximum Gasteiger partial charge on any atom is 0.246 e. The van der Waals surface area contributed by atoms with Gasteiger partial charge < -0.3 is 9.84 Å². The molecule has 2 aromatic rings. The number of benzene rings is 1. The summed E-state index contributed by atoms with van der Waals surface area (Å²) >= 11 is 17.8. The minimum absolute atomic E-state index is 0.117. The second kappa shape index (κ2) is 5.41. The van der Waals surface area contributed by atoms with Crippen LogP contribution in [0, 0.1) is 5.41 Å². The van der Waals surface area contributed by atoms with Crippen molar-refractivity contribution in [3.8, 4) is 11.4 Å². The van der Waals surface area contributed by atoms with Crippen molar-refractivity contribution in [3.63, 3.8) is 0 Å². The molecule has 22 heavy (non-hydrogen) atoms. The van der Waals surface area contributed by atoms with Gasteiger partial charge in [0.2, 0.25) is 17.6 Å². The number of aromatic nitrogens is 2. The van der Waals surface area contributed by atoms with Gasteiger partial charge >= 0.3 is 0 Å². The average molecular weight is 361 g/mol. The summed E-state index contributed by atoms with van der Waals surface area (Å²) in [4.78, 5) is 16.3. The molecule has 0 bridgehead atoms. The number of rotatable bonds is 4. The van der Waals surface area contributed by atoms with Gasteiger partial charge in [0.25, 0.3) is 0 Å². The minimum atomic E-state index is -1.00. The van der Waals surface area contributed by atoms with Crippen LogP contribution in [-0.2, 0) is 11.3 Å². The van der Waals surface area contributed by atoms with E-state index in [0.717, 1.165) is 5.56 Å². The van der Waals surface area contributed by atoms with Crippen LogP contribution in [-0.4, -0.2) is 20.4 Å². The number of hydrogen-bond donors (Lipinski definition) is 1. The van der Waals surface area contributed by atoms with Gasteiger partial charge in [-0.2, -0.15) is 4.98 Å². The van der Waals surface area contributed by atoms with E-state index in [1.165, 1.54) is 0 Å². The minimum Gasteiger partial charge on any atom is -0.346 e. The Morgan fingerprint density at radius 3 is 2.82 bits per heavy atom. The van der Waals surface area contributed by atoms with Crippen molar-refractivity contribution < 1.29 is 9.32 Å². The molecule has 5 nitrogen and oxygen atoms in total. The molecule has 8 heteroatoms. The number of nitrogens with zero attached hydrogens (tertiary/aromatic N) is 2. The normalized spacial score (nSPS) is 22.4. The SMILES string of the molecule is CC1(C(=O)NCc2nc(-c3cccc(Cl)c3)no2)CC1(Cl)Cl. The summed E-state index contributed by atoms with van der Waals surface area (Å²) in [6.07, 6.45) is 0.423. The standard InChI is InChI=1S/C14H12Cl3N3O2/c1-13(7-14(13,16)17)12(21)18-6-10-19-11(20-22-10)8-3-2-4-9(15)5-8/h2-5H,6-7H2,1H3,(H,18,21). The van der Waals surface area contributed by atoms with E-state index < -0.39 is 9.75 Å². The topological polar surface area (TPSA) is 68.0 Å². The first-order chi connectivity index (χ1) is 10.3. The van der Waals surface area contributed by atoms with Gasteiger partial charge in [-0.25, -0.2) is 0 Å². The summed E-state index contributed by atoms with van der Waals surface area (Å²) in [5.74, 6) is 0.468. The second-order valence-corrected chi connectivity index (χ2v) is 7.34. The highest BCUT2D eigenvalue weighted by atomic mass is 35.5. The lowest BCUT2D eigenvalue weighted by atomic mass is 10.1. The van der Waals surface area contributed by atoms with E-state index in [9.17, 15) is 4.79 Å². The lowest BCUT2D eigenvalue weighted by Crippen LogP contribution is -2.32. The van der Waals surface area contributed by atoms with E-state index in [0.29, 0.717) is 23.2 Å². The number of carbonyl (C=O) groups is 1. The van der Waals surface area contributed by atoms with Gasteiger partial charge in [-0.15, -0.1) is 23.2 Å². The van der Waals surface area contributed by atoms with E-state index in [1.807, 2.05) is 6.07 Å². The first-order valence-corrected chi connectivity index (χ1v) is 7.70. The van der Waals surface area contributed by atoms with Crippen LogP contribution < -0.4 is 5.32 Å². The van der Waals surface area contributed by atoms with Crippen LogP contribution in [0.2, 0.25) is 5.02 Å². The zero-order valence-corrected chi connectivity index (χ0v) is 13.8. The molecule has 1 aromatic heterocycles. The molecule has 1 heterocycles. The summed E-state index contributed by atoms with van der Waals surface area (Å²) in [6, 6.07) is 7.10. The van der Waals surface area contributed by atoms with Crippen LogP contribution in [0.4, 0.5) is 0 Å². The summed E-state index contributed by atoms with van der Waals surface area (Å²) in [5.41, 5.74) is -0.0325. The van der Waals surface area contributed by atoms with E-state index in [1.54, 1.807) is 25.1 Å². The summed E-state index contributed by atoms with van der Waals surface area (Å²) in [6.45, 7) is 1.83. The molecule has 0 spiro atoms. The van der Waals surface area contributed by atoms with Gasteiger partial charge in [-0.05, 0) is 25.5 Å². The molecule has 0 radical (unpaired) electrons. The van der Waals surface area contributed by atoms with Crippen molar-refractivity contribution >= 4 is 40.7 Å². The third kappa shape index (κ3) is 2.81. The van der Waals surface area contributed by atoms with Crippen molar-refractivity contribution in [2.24, 2.45) is 5.41 Å². The van der Waals surface area contributed by atoms with Crippen molar-refractivity contribution in [3.05, 3.63) is 35.2 Å². The molecule has 3 rings (SSSR count). The van der Waals surface area contributed by atoms with Crippen LogP contribution in [0.5, 0.6) is 0 Å². The number of nitrogens with one attached hydrogen (secondary N) is 1. The Balaban J connectivity index is 1.65. The smallest absolute Gasteiger partial charge is 0.246 e. The van der Waals surface area contributed by atoms with Crippen molar-refractivity contribution in [2.45, 2.75) is 24.2 Å². The highest BCUT2D eigenvalue weighted by molar-refractivity contribution is 6.53. The molecule has 1 saturated carbocycles. The molecular weight excluding hydrogens is 349 g/mol. The van der Waals surface area contributed by atoms with Gasteiger partial charge in [0.15, 0.2) is 0 Å². The van der Waals surface area contributed by atoms with Gasteiger partial charge in [-0.1, -0.05) is 28.9 Å². The summed E-state index contributed by atoms with van der Waals surface area (Å²) < 4.78 is 4.11. The Kier molecular flexibility index (Phi) is 3.83. The molecule has 116 valence electrons. The summed E-state index contributed by atoms with van der Waals surface area (Å²) in [5, 5.41) is 7.15. The molecule has 1 N–H and O–H groups in total. The Hall–Kier alpha value is -1.30. The number of alkyl halides is 2. The van der Waals surface area contributed by atoms with Gasteiger partial charge in [0.05, 0.1) is 12.0 Å². The van der Waals surface area contributed by atoms with Crippen molar-refractivity contribution in [1.29, 1.82) is 0 Å². The highest BCUT2D eigenvalue weighted by Crippen LogP contribution is 2.63. The molecule has 1 atom stereocenters. The fourth-order valence-electron chi connectivity index (χ4n) is 2.07. The molecular formula is C14H12Cl3N3O2. The van der Waals surface area contributed by atoms with Crippen LogP contribution >= 0.6 is 34.8 Å². The van der Waals surface area contributed by atoms with Crippen molar-refractivity contribution in [2.75, 3.05) is 0 Å². The van der Waals surface area contributed by atoms with Crippen LogP contribution in [0.15, 0.2) is 28.8 Å². The number of carbonyl (C=O) groups excluding carboxylic acids is 1. The maximum atomic E-state index is 12.1. The van der Waals surface area contributed by atoms with E-state index in [4.69, 9.17) is 39.3 Å². The zero-order valence-electron chi connectivity index (χ0n) is 11.6. The lowest BCUT2D eigenvalue weighted by molar-refractivity contribution is -0.126. The largest absolute Gasteiger partial charge is 0.346 e. The second-order valence-electron chi connectivity index (χ2n) is 5.42. The first-order valence-electron chi connectivity index (χ1n) is 6.56. The highest BCUT2D eigenvalue weighted by Gasteiger charge is 2.67. The average Bonchev–Trinajstić information content (AvgIpc) is 2.84. The number of amides is 1. The molecule has 0 aliphatic heterocycles. The Labute approximate surface area is 141 Å². The molecule has 1 fully saturated rings. The Bertz CT molecular complexity index is 732. The van der Waals surface area contributed by atoms with Gasteiger partial charge in [0, 0.05) is 10.6 Å². The molecule has 1 aromatic carbocycles. The van der Waals surface area contributed by atoms with Crippen LogP contribution in [0.1, 0.15) is 19.2 Å². The number of hydrogen-bond acceptors (Lipinski definition) is 4. The quantitative estimate of drug-likeness (QED) is 0.846. The fourth-order valence-corrected chi connectivity index (χ4v) is 2.97. The third-order valence-electron chi connectivity index (χ3n) is 3.71. The first kappa shape index (κ1) is 15.6. The Morgan fingerprint density at radius 2 is 2.18 bits per heavy atom. The zero-order chi connectivity index (χ0) is 16.0. The number of halogens is 3. The predicted octanol–water partition coefficient (Wildman–Crippen LogP) is 3.59. The van der Waals surface area contributed by atoms with Crippen LogP contribution in [0.3, 0.4) is 0 Å². The van der Waals surface area contributed by atoms with E-state index in [-0.39, 0.29) is 12.5 Å². The van der Waals surface area contributed by atoms with E-state index in [2.05, 4.69) is 15.5 Å². The maximum absolute atomic E-state index is 12.1. The molecule has 1 amide bonds. The monoisotopic (exact) mass is 359 g/mol. The summed E-state index contributed by atoms with van der Waals surface area (Å²) in [7, 11) is 0. The molecule has 1 aliphatic carbocycles. The molecule has 1 aliphatic rings. The fraction of sp³-hybridized carbons (Fsp3) is 0.357. The third-order valence-corrected chi connectivity index (χ3v) is 5.05. The van der Waals surface area contributed by atoms with Crippen molar-refractivity contribution in [1.82, 2.24) is 15.5 Å². The van der Waals surface area contributed by atoms with E-state index >= 15 is 0 Å². The van der Waals surface area contributed by atoms with Crippen LogP contribution in [0.25, 0.3) is 11.4 Å². The molecule has 0 saturated heterocycles. The molecule has 1 unspecified atom stereocenters.